The maximum atomic E-state index is 11.3. The van der Waals surface area contributed by atoms with Crippen molar-refractivity contribution in [1.29, 1.82) is 0 Å². The molecule has 0 saturated heterocycles. The summed E-state index contributed by atoms with van der Waals surface area (Å²) in [4.78, 5) is 15.5. The van der Waals surface area contributed by atoms with Crippen LogP contribution >= 0.6 is 0 Å². The second-order valence-corrected chi connectivity index (χ2v) is 4.55. The summed E-state index contributed by atoms with van der Waals surface area (Å²) in [6.07, 6.45) is 6.52. The molecule has 0 aliphatic carbocycles. The van der Waals surface area contributed by atoms with Crippen LogP contribution < -0.4 is 5.32 Å². The van der Waals surface area contributed by atoms with Gasteiger partial charge in [0.05, 0.1) is 23.8 Å². The number of nitrogens with zero attached hydrogens (tertiary/aromatic N) is 5. The van der Waals surface area contributed by atoms with E-state index in [-0.39, 0.29) is 5.56 Å². The highest BCUT2D eigenvalue weighted by Gasteiger charge is 2.16. The van der Waals surface area contributed by atoms with Crippen LogP contribution in [0, 0.1) is 0 Å². The third kappa shape index (κ3) is 2.42. The van der Waals surface area contributed by atoms with E-state index in [1.165, 1.54) is 6.20 Å². The molecule has 0 saturated carbocycles. The number of fused-ring (bicyclic) bond motifs is 1. The Hall–Kier alpha value is -2.90. The van der Waals surface area contributed by atoms with Gasteiger partial charge in [-0.15, -0.1) is 0 Å². The number of hydrogen-bond acceptors (Lipinski definition) is 5. The lowest BCUT2D eigenvalue weighted by molar-refractivity contribution is 0.0697. The van der Waals surface area contributed by atoms with Crippen LogP contribution in [0.15, 0.2) is 30.9 Å². The molecule has 0 aliphatic rings. The highest BCUT2D eigenvalue weighted by molar-refractivity contribution is 6.03. The minimum absolute atomic E-state index is 0.135. The lowest BCUT2D eigenvalue weighted by Crippen LogP contribution is -2.14. The quantitative estimate of drug-likeness (QED) is 0.725. The summed E-state index contributed by atoms with van der Waals surface area (Å²) >= 11 is 0. The second kappa shape index (κ2) is 5.23. The molecule has 0 amide bonds. The van der Waals surface area contributed by atoms with Crippen LogP contribution in [0.3, 0.4) is 0 Å². The van der Waals surface area contributed by atoms with Crippen LogP contribution in [0.5, 0.6) is 0 Å². The zero-order valence-corrected chi connectivity index (χ0v) is 11.4. The summed E-state index contributed by atoms with van der Waals surface area (Å²) in [6, 6.07) is 1.84. The van der Waals surface area contributed by atoms with Crippen molar-refractivity contribution in [2.24, 2.45) is 7.05 Å². The molecule has 0 spiro atoms. The monoisotopic (exact) mass is 286 g/mol. The number of carboxylic acid groups (broad SMARTS) is 1. The van der Waals surface area contributed by atoms with Crippen molar-refractivity contribution in [2.45, 2.75) is 6.54 Å². The first-order valence-corrected chi connectivity index (χ1v) is 6.42. The number of rotatable bonds is 5. The average molecular weight is 286 g/mol. The van der Waals surface area contributed by atoms with E-state index in [1.54, 1.807) is 28.8 Å². The first-order chi connectivity index (χ1) is 10.2. The molecule has 3 aromatic rings. The van der Waals surface area contributed by atoms with E-state index in [1.807, 2.05) is 12.3 Å². The molecule has 21 heavy (non-hydrogen) atoms. The number of anilines is 1. The summed E-state index contributed by atoms with van der Waals surface area (Å²) in [5.74, 6) is -1.02. The molecule has 108 valence electrons. The van der Waals surface area contributed by atoms with Gasteiger partial charge in [0.25, 0.3) is 0 Å². The standard InChI is InChI=1S/C13H14N6O2/c1-18-12-9(8-17-18)11(10(7-15-12)13(20)21)14-4-6-19-5-2-3-16-19/h2-3,5,7-8H,4,6H2,1H3,(H,14,15)(H,20,21). The topological polar surface area (TPSA) is 97.9 Å². The minimum Gasteiger partial charge on any atom is -0.478 e. The fourth-order valence-electron chi connectivity index (χ4n) is 2.18. The number of carbonyl (C=O) groups is 1. The number of aryl methyl sites for hydroxylation is 1. The van der Waals surface area contributed by atoms with Crippen molar-refractivity contribution in [1.82, 2.24) is 24.5 Å². The van der Waals surface area contributed by atoms with Crippen LogP contribution in [-0.2, 0) is 13.6 Å². The Bertz CT molecular complexity index is 777. The van der Waals surface area contributed by atoms with Crippen molar-refractivity contribution in [3.63, 3.8) is 0 Å². The first kappa shape index (κ1) is 13.1. The predicted octanol–water partition coefficient (Wildman–Crippen LogP) is 0.975. The predicted molar refractivity (Wildman–Crippen MR) is 76.2 cm³/mol. The second-order valence-electron chi connectivity index (χ2n) is 4.55. The lowest BCUT2D eigenvalue weighted by Gasteiger charge is -2.10. The van der Waals surface area contributed by atoms with Crippen LogP contribution in [0.4, 0.5) is 5.69 Å². The van der Waals surface area contributed by atoms with Crippen LogP contribution in [0.25, 0.3) is 11.0 Å². The van der Waals surface area contributed by atoms with Gasteiger partial charge in [-0.05, 0) is 6.07 Å². The summed E-state index contributed by atoms with van der Waals surface area (Å²) in [7, 11) is 1.77. The van der Waals surface area contributed by atoms with Crippen molar-refractivity contribution >= 4 is 22.7 Å². The van der Waals surface area contributed by atoms with Gasteiger partial charge in [-0.2, -0.15) is 10.2 Å². The van der Waals surface area contributed by atoms with Gasteiger partial charge in [0.2, 0.25) is 0 Å². The van der Waals surface area contributed by atoms with Gasteiger partial charge in [0.1, 0.15) is 5.56 Å². The number of nitrogens with one attached hydrogen (secondary N) is 1. The Morgan fingerprint density at radius 1 is 1.38 bits per heavy atom. The molecule has 3 aromatic heterocycles. The molecule has 0 aliphatic heterocycles. The Balaban J connectivity index is 1.90. The number of aromatic nitrogens is 5. The van der Waals surface area contributed by atoms with Gasteiger partial charge < -0.3 is 10.4 Å². The normalized spacial score (nSPS) is 10.9. The van der Waals surface area contributed by atoms with E-state index < -0.39 is 5.97 Å². The highest BCUT2D eigenvalue weighted by atomic mass is 16.4. The highest BCUT2D eigenvalue weighted by Crippen LogP contribution is 2.25. The van der Waals surface area contributed by atoms with Crippen molar-refractivity contribution in [2.75, 3.05) is 11.9 Å². The molecule has 0 radical (unpaired) electrons. The SMILES string of the molecule is Cn1ncc2c(NCCn3cccn3)c(C(=O)O)cnc21. The van der Waals surface area contributed by atoms with E-state index in [0.29, 0.717) is 29.8 Å². The molecular formula is C13H14N6O2. The zero-order chi connectivity index (χ0) is 14.8. The Morgan fingerprint density at radius 3 is 2.95 bits per heavy atom. The largest absolute Gasteiger partial charge is 0.478 e. The van der Waals surface area contributed by atoms with E-state index in [4.69, 9.17) is 0 Å². The first-order valence-electron chi connectivity index (χ1n) is 6.42. The average Bonchev–Trinajstić information content (AvgIpc) is 3.09. The molecule has 3 rings (SSSR count). The van der Waals surface area contributed by atoms with E-state index in [2.05, 4.69) is 20.5 Å². The summed E-state index contributed by atoms with van der Waals surface area (Å²) in [5.41, 5.74) is 1.31. The molecule has 8 heteroatoms. The van der Waals surface area contributed by atoms with Crippen molar-refractivity contribution in [3.05, 3.63) is 36.4 Å². The molecular weight excluding hydrogens is 272 g/mol. The molecule has 0 aromatic carbocycles. The summed E-state index contributed by atoms with van der Waals surface area (Å²) < 4.78 is 3.38. The van der Waals surface area contributed by atoms with Gasteiger partial charge >= 0.3 is 5.97 Å². The van der Waals surface area contributed by atoms with Gasteiger partial charge in [-0.3, -0.25) is 9.36 Å². The van der Waals surface area contributed by atoms with E-state index in [9.17, 15) is 9.90 Å². The van der Waals surface area contributed by atoms with Crippen LogP contribution in [0.2, 0.25) is 0 Å². The fraction of sp³-hybridized carbons (Fsp3) is 0.231. The Kier molecular flexibility index (Phi) is 3.27. The molecule has 0 atom stereocenters. The van der Waals surface area contributed by atoms with Gasteiger partial charge in [-0.25, -0.2) is 9.78 Å². The molecule has 2 N–H and O–H groups in total. The number of carboxylic acids is 1. The maximum absolute atomic E-state index is 11.3. The van der Waals surface area contributed by atoms with Crippen molar-refractivity contribution < 1.29 is 9.90 Å². The van der Waals surface area contributed by atoms with Gasteiger partial charge in [0.15, 0.2) is 5.65 Å². The van der Waals surface area contributed by atoms with E-state index >= 15 is 0 Å². The third-order valence-electron chi connectivity index (χ3n) is 3.19. The maximum Gasteiger partial charge on any atom is 0.339 e. The Labute approximate surface area is 120 Å². The molecule has 3 heterocycles. The lowest BCUT2D eigenvalue weighted by atomic mass is 10.2. The van der Waals surface area contributed by atoms with Crippen LogP contribution in [-0.4, -0.2) is 42.2 Å². The molecule has 0 bridgehead atoms. The third-order valence-corrected chi connectivity index (χ3v) is 3.19. The zero-order valence-electron chi connectivity index (χ0n) is 11.4. The van der Waals surface area contributed by atoms with Crippen molar-refractivity contribution in [3.8, 4) is 0 Å². The number of pyridine rings is 1. The molecule has 8 nitrogen and oxygen atoms in total. The Morgan fingerprint density at radius 2 is 2.24 bits per heavy atom. The fourth-order valence-corrected chi connectivity index (χ4v) is 2.18. The molecule has 0 fully saturated rings. The summed E-state index contributed by atoms with van der Waals surface area (Å²) in [6.45, 7) is 1.19. The minimum atomic E-state index is -1.02. The number of aromatic carboxylic acids is 1. The van der Waals surface area contributed by atoms with Gasteiger partial charge in [-0.1, -0.05) is 0 Å². The smallest absolute Gasteiger partial charge is 0.339 e. The van der Waals surface area contributed by atoms with Crippen LogP contribution in [0.1, 0.15) is 10.4 Å². The van der Waals surface area contributed by atoms with Gasteiger partial charge in [0, 0.05) is 32.2 Å². The number of hydrogen-bond donors (Lipinski definition) is 2. The molecule has 0 unspecified atom stereocenters. The summed E-state index contributed by atoms with van der Waals surface area (Å²) in [5, 5.41) is 21.4. The van der Waals surface area contributed by atoms with E-state index in [0.717, 1.165) is 0 Å².